The van der Waals surface area contributed by atoms with E-state index in [0.29, 0.717) is 13.2 Å². The van der Waals surface area contributed by atoms with Gasteiger partial charge in [0.1, 0.15) is 0 Å². The van der Waals surface area contributed by atoms with E-state index in [4.69, 9.17) is 9.47 Å². The van der Waals surface area contributed by atoms with Crippen LogP contribution in [0.2, 0.25) is 0 Å². The van der Waals surface area contributed by atoms with Gasteiger partial charge < -0.3 is 14.8 Å². The number of carbonyl (C=O) groups is 1. The van der Waals surface area contributed by atoms with E-state index in [0.717, 1.165) is 19.4 Å². The van der Waals surface area contributed by atoms with E-state index in [1.165, 1.54) is 5.56 Å². The summed E-state index contributed by atoms with van der Waals surface area (Å²) < 4.78 is 10.9. The largest absolute Gasteiger partial charge is 0.352 e. The van der Waals surface area contributed by atoms with Gasteiger partial charge in [0.25, 0.3) is 0 Å². The van der Waals surface area contributed by atoms with Crippen LogP contribution in [0.4, 0.5) is 0 Å². The van der Waals surface area contributed by atoms with Crippen molar-refractivity contribution in [3.05, 3.63) is 35.9 Å². The second-order valence-corrected chi connectivity index (χ2v) is 6.03. The van der Waals surface area contributed by atoms with Gasteiger partial charge in [-0.3, -0.25) is 9.69 Å². The van der Waals surface area contributed by atoms with Crippen molar-refractivity contribution in [3.8, 4) is 0 Å². The average Bonchev–Trinajstić information content (AvgIpc) is 2.89. The molecular weight excluding hydrogens is 280 g/mol. The van der Waals surface area contributed by atoms with Crippen molar-refractivity contribution < 1.29 is 14.3 Å². The first kappa shape index (κ1) is 15.5. The highest BCUT2D eigenvalue weighted by molar-refractivity contribution is 5.76. The third-order valence-electron chi connectivity index (χ3n) is 4.38. The molecule has 2 aliphatic heterocycles. The third-order valence-corrected chi connectivity index (χ3v) is 4.38. The number of likely N-dealkylation sites (N-methyl/N-ethyl adjacent to an activating group) is 1. The Bertz CT molecular complexity index is 488. The Morgan fingerprint density at radius 2 is 2.00 bits per heavy atom. The SMILES string of the molecule is CN1CC[C@@H](NC(=O)CC2OCCCO2)[C@@H]1c1ccccc1. The van der Waals surface area contributed by atoms with Crippen LogP contribution in [-0.2, 0) is 14.3 Å². The average molecular weight is 304 g/mol. The minimum atomic E-state index is -0.386. The number of ether oxygens (including phenoxy) is 2. The number of rotatable bonds is 4. The van der Waals surface area contributed by atoms with E-state index in [1.807, 2.05) is 18.2 Å². The first-order chi connectivity index (χ1) is 10.7. The number of likely N-dealkylation sites (tertiary alicyclic amines) is 1. The number of nitrogens with one attached hydrogen (secondary N) is 1. The highest BCUT2D eigenvalue weighted by Gasteiger charge is 2.34. The summed E-state index contributed by atoms with van der Waals surface area (Å²) in [5.41, 5.74) is 1.25. The Labute approximate surface area is 131 Å². The number of benzene rings is 1. The molecule has 0 radical (unpaired) electrons. The van der Waals surface area contributed by atoms with Crippen LogP contribution in [-0.4, -0.2) is 49.9 Å². The second-order valence-electron chi connectivity index (χ2n) is 6.03. The van der Waals surface area contributed by atoms with E-state index < -0.39 is 0 Å². The van der Waals surface area contributed by atoms with Gasteiger partial charge in [-0.25, -0.2) is 0 Å². The van der Waals surface area contributed by atoms with E-state index in [9.17, 15) is 4.79 Å². The lowest BCUT2D eigenvalue weighted by molar-refractivity contribution is -0.184. The molecule has 0 unspecified atom stereocenters. The fourth-order valence-corrected chi connectivity index (χ4v) is 3.31. The number of hydrogen-bond donors (Lipinski definition) is 1. The molecule has 0 aliphatic carbocycles. The topological polar surface area (TPSA) is 50.8 Å². The summed E-state index contributed by atoms with van der Waals surface area (Å²) in [4.78, 5) is 14.6. The predicted molar refractivity (Wildman–Crippen MR) is 83.3 cm³/mol. The summed E-state index contributed by atoms with van der Waals surface area (Å²) in [6.45, 7) is 2.34. The minimum absolute atomic E-state index is 0.00753. The molecule has 1 N–H and O–H groups in total. The molecule has 2 fully saturated rings. The molecule has 0 bridgehead atoms. The fourth-order valence-electron chi connectivity index (χ4n) is 3.31. The standard InChI is InChI=1S/C17H24N2O3/c1-19-9-8-14(17(19)13-6-3-2-4-7-13)18-15(20)12-16-21-10-5-11-22-16/h2-4,6-7,14,16-17H,5,8-12H2,1H3,(H,18,20)/t14-,17+/m1/s1. The van der Waals surface area contributed by atoms with Crippen molar-refractivity contribution in [2.45, 2.75) is 37.6 Å². The first-order valence-electron chi connectivity index (χ1n) is 8.02. The van der Waals surface area contributed by atoms with E-state index in [-0.39, 0.29) is 30.7 Å². The van der Waals surface area contributed by atoms with Crippen LogP contribution in [0.25, 0.3) is 0 Å². The second kappa shape index (κ2) is 7.22. The maximum atomic E-state index is 12.3. The molecule has 0 saturated carbocycles. The van der Waals surface area contributed by atoms with Crippen molar-refractivity contribution in [3.63, 3.8) is 0 Å². The quantitative estimate of drug-likeness (QED) is 0.920. The highest BCUT2D eigenvalue weighted by atomic mass is 16.7. The summed E-state index contributed by atoms with van der Waals surface area (Å²) in [6.07, 6.45) is 1.76. The summed E-state index contributed by atoms with van der Waals surface area (Å²) >= 11 is 0. The Hall–Kier alpha value is -1.43. The summed E-state index contributed by atoms with van der Waals surface area (Å²) in [6, 6.07) is 10.7. The summed E-state index contributed by atoms with van der Waals surface area (Å²) in [5.74, 6) is 0.00753. The van der Waals surface area contributed by atoms with Gasteiger partial charge in [-0.2, -0.15) is 0 Å². The van der Waals surface area contributed by atoms with Crippen LogP contribution >= 0.6 is 0 Å². The van der Waals surface area contributed by atoms with Gasteiger partial charge in [0.05, 0.1) is 25.7 Å². The van der Waals surface area contributed by atoms with Gasteiger partial charge in [0, 0.05) is 12.6 Å². The zero-order valence-corrected chi connectivity index (χ0v) is 13.0. The third kappa shape index (κ3) is 3.66. The Morgan fingerprint density at radius 3 is 2.73 bits per heavy atom. The van der Waals surface area contributed by atoms with Gasteiger partial charge in [0.2, 0.25) is 5.91 Å². The molecule has 1 aromatic rings. The van der Waals surface area contributed by atoms with Crippen LogP contribution in [0.3, 0.4) is 0 Å². The van der Waals surface area contributed by atoms with Gasteiger partial charge in [-0.1, -0.05) is 30.3 Å². The van der Waals surface area contributed by atoms with Crippen LogP contribution in [0.1, 0.15) is 30.9 Å². The fraction of sp³-hybridized carbons (Fsp3) is 0.588. The molecule has 2 heterocycles. The van der Waals surface area contributed by atoms with Gasteiger partial charge in [0.15, 0.2) is 6.29 Å². The molecule has 2 atom stereocenters. The Morgan fingerprint density at radius 1 is 1.27 bits per heavy atom. The zero-order valence-electron chi connectivity index (χ0n) is 13.0. The molecule has 1 aromatic carbocycles. The van der Waals surface area contributed by atoms with Crippen LogP contribution in [0.5, 0.6) is 0 Å². The molecule has 1 amide bonds. The van der Waals surface area contributed by atoms with E-state index >= 15 is 0 Å². The Balaban J connectivity index is 1.59. The maximum Gasteiger partial charge on any atom is 0.225 e. The van der Waals surface area contributed by atoms with Crippen molar-refractivity contribution in [1.29, 1.82) is 0 Å². The normalized spacial score (nSPS) is 27.0. The molecular formula is C17H24N2O3. The molecule has 2 saturated heterocycles. The molecule has 5 nitrogen and oxygen atoms in total. The minimum Gasteiger partial charge on any atom is -0.352 e. The lowest BCUT2D eigenvalue weighted by Gasteiger charge is -2.27. The maximum absolute atomic E-state index is 12.3. The van der Waals surface area contributed by atoms with E-state index in [2.05, 4.69) is 29.4 Å². The predicted octanol–water partition coefficient (Wildman–Crippen LogP) is 1.70. The van der Waals surface area contributed by atoms with Crippen LogP contribution in [0, 0.1) is 0 Å². The number of nitrogens with zero attached hydrogens (tertiary/aromatic N) is 1. The summed E-state index contributed by atoms with van der Waals surface area (Å²) in [5, 5.41) is 3.16. The van der Waals surface area contributed by atoms with Gasteiger partial charge >= 0.3 is 0 Å². The van der Waals surface area contributed by atoms with Gasteiger partial charge in [-0.05, 0) is 25.5 Å². The lowest BCUT2D eigenvalue weighted by atomic mass is 10.00. The first-order valence-corrected chi connectivity index (χ1v) is 8.02. The molecule has 0 aromatic heterocycles. The molecule has 22 heavy (non-hydrogen) atoms. The number of carbonyl (C=O) groups excluding carboxylic acids is 1. The molecule has 120 valence electrons. The molecule has 2 aliphatic rings. The van der Waals surface area contributed by atoms with Crippen LogP contribution < -0.4 is 5.32 Å². The monoisotopic (exact) mass is 304 g/mol. The lowest BCUT2D eigenvalue weighted by Crippen LogP contribution is -2.41. The number of hydrogen-bond acceptors (Lipinski definition) is 4. The molecule has 5 heteroatoms. The molecule has 3 rings (SSSR count). The molecule has 0 spiro atoms. The van der Waals surface area contributed by atoms with Gasteiger partial charge in [-0.15, -0.1) is 0 Å². The van der Waals surface area contributed by atoms with Crippen molar-refractivity contribution in [2.24, 2.45) is 0 Å². The van der Waals surface area contributed by atoms with Crippen molar-refractivity contribution in [1.82, 2.24) is 10.2 Å². The van der Waals surface area contributed by atoms with Crippen LogP contribution in [0.15, 0.2) is 30.3 Å². The van der Waals surface area contributed by atoms with Crippen molar-refractivity contribution in [2.75, 3.05) is 26.8 Å². The zero-order chi connectivity index (χ0) is 15.4. The smallest absolute Gasteiger partial charge is 0.225 e. The summed E-state index contributed by atoms with van der Waals surface area (Å²) in [7, 11) is 2.11. The Kier molecular flexibility index (Phi) is 5.08. The highest BCUT2D eigenvalue weighted by Crippen LogP contribution is 2.30. The number of amides is 1. The van der Waals surface area contributed by atoms with Crippen molar-refractivity contribution >= 4 is 5.91 Å². The van der Waals surface area contributed by atoms with E-state index in [1.54, 1.807) is 0 Å².